The summed E-state index contributed by atoms with van der Waals surface area (Å²) in [4.78, 5) is 85.3. The van der Waals surface area contributed by atoms with Gasteiger partial charge in [0.25, 0.3) is 5.91 Å². The second kappa shape index (κ2) is 11.8. The number of ether oxygens (including phenoxy) is 1. The highest BCUT2D eigenvalue weighted by Gasteiger charge is 2.44. The molecule has 0 radical (unpaired) electrons. The standard InChI is InChI=1S/C22H26N6O9/c1-37-21(35)24-14-6-4-13(5-7-14)19(33)25-26-10-8-17(30)27-9-2-3-16(28(27)22(26)36)20(34)23-15(12-29)11-18(31)32/h4-7,12,15-16H,2-3,8-11H2,1H3,(H,23,34)(H,24,35)(H,25,33)(H,31,32)/t15-,16-/m0/s1. The maximum absolute atomic E-state index is 13.4. The van der Waals surface area contributed by atoms with Crippen LogP contribution in [0.1, 0.15) is 36.0 Å². The number of carboxylic acids is 1. The SMILES string of the molecule is COC(=O)Nc1ccc(C(=O)NN2CCC(=O)N3CCC[C@@H](C(=O)N[C@H](C=O)CC(=O)O)N3C2=O)cc1. The van der Waals surface area contributed by atoms with Gasteiger partial charge in [0.2, 0.25) is 11.8 Å². The van der Waals surface area contributed by atoms with Crippen LogP contribution in [0.3, 0.4) is 0 Å². The lowest BCUT2D eigenvalue weighted by atomic mass is 10.1. The minimum absolute atomic E-state index is 0.130. The Hall–Kier alpha value is -4.69. The van der Waals surface area contributed by atoms with Gasteiger partial charge in [-0.3, -0.25) is 29.9 Å². The molecule has 37 heavy (non-hydrogen) atoms. The zero-order chi connectivity index (χ0) is 27.1. The third-order valence-corrected chi connectivity index (χ3v) is 5.67. The number of carbonyl (C=O) groups is 7. The second-order valence-electron chi connectivity index (χ2n) is 8.19. The number of benzene rings is 1. The fraction of sp³-hybridized carbons (Fsp3) is 0.409. The number of fused-ring (bicyclic) bond motifs is 1. The van der Waals surface area contributed by atoms with Gasteiger partial charge in [0.15, 0.2) is 0 Å². The smallest absolute Gasteiger partial charge is 0.411 e. The van der Waals surface area contributed by atoms with Crippen molar-refractivity contribution in [3.8, 4) is 0 Å². The lowest BCUT2D eigenvalue weighted by Crippen LogP contribution is -2.64. The monoisotopic (exact) mass is 518 g/mol. The number of nitrogens with one attached hydrogen (secondary N) is 3. The third-order valence-electron chi connectivity index (χ3n) is 5.67. The summed E-state index contributed by atoms with van der Waals surface area (Å²) in [7, 11) is 1.20. The van der Waals surface area contributed by atoms with Gasteiger partial charge in [0, 0.05) is 24.2 Å². The summed E-state index contributed by atoms with van der Waals surface area (Å²) in [6.07, 6.45) is -0.652. The number of aldehydes is 1. The van der Waals surface area contributed by atoms with E-state index in [1.54, 1.807) is 0 Å². The normalized spacial score (nSPS) is 18.2. The second-order valence-corrected chi connectivity index (χ2v) is 8.19. The van der Waals surface area contributed by atoms with E-state index in [0.29, 0.717) is 12.1 Å². The van der Waals surface area contributed by atoms with Crippen LogP contribution in [0, 0.1) is 0 Å². The predicted molar refractivity (Wildman–Crippen MR) is 123 cm³/mol. The molecule has 0 bridgehead atoms. The molecule has 2 fully saturated rings. The molecule has 2 atom stereocenters. The van der Waals surface area contributed by atoms with Crippen LogP contribution < -0.4 is 16.1 Å². The topological polar surface area (TPSA) is 195 Å². The maximum atomic E-state index is 13.4. The number of nitrogens with zero attached hydrogens (tertiary/aromatic N) is 3. The molecule has 3 rings (SSSR count). The lowest BCUT2D eigenvalue weighted by Gasteiger charge is -2.42. The number of urea groups is 1. The molecule has 2 aliphatic heterocycles. The fourth-order valence-corrected chi connectivity index (χ4v) is 3.88. The minimum Gasteiger partial charge on any atom is -0.481 e. The summed E-state index contributed by atoms with van der Waals surface area (Å²) in [5, 5.41) is 16.6. The number of rotatable bonds is 8. The molecule has 4 N–H and O–H groups in total. The number of methoxy groups -OCH3 is 1. The van der Waals surface area contributed by atoms with E-state index in [1.807, 2.05) is 0 Å². The average Bonchev–Trinajstić information content (AvgIpc) is 3.00. The molecule has 0 aliphatic carbocycles. The molecule has 6 amide bonds. The molecule has 0 aromatic heterocycles. The summed E-state index contributed by atoms with van der Waals surface area (Å²) in [6, 6.07) is 2.34. The number of hydrogen-bond acceptors (Lipinski definition) is 8. The van der Waals surface area contributed by atoms with E-state index >= 15 is 0 Å². The first-order valence-corrected chi connectivity index (χ1v) is 11.3. The minimum atomic E-state index is -1.31. The van der Waals surface area contributed by atoms with Crippen LogP contribution in [0.25, 0.3) is 0 Å². The third kappa shape index (κ3) is 6.50. The van der Waals surface area contributed by atoms with E-state index in [0.717, 1.165) is 15.0 Å². The summed E-state index contributed by atoms with van der Waals surface area (Å²) in [5.74, 6) is -3.23. The Bertz CT molecular complexity index is 1090. The summed E-state index contributed by atoms with van der Waals surface area (Å²) in [6.45, 7) is -0.000264. The van der Waals surface area contributed by atoms with Crippen molar-refractivity contribution in [1.29, 1.82) is 0 Å². The van der Waals surface area contributed by atoms with Gasteiger partial charge in [-0.15, -0.1) is 0 Å². The maximum Gasteiger partial charge on any atom is 0.411 e. The largest absolute Gasteiger partial charge is 0.481 e. The van der Waals surface area contributed by atoms with Crippen molar-refractivity contribution in [3.63, 3.8) is 0 Å². The number of carboxylic acid groups (broad SMARTS) is 1. The van der Waals surface area contributed by atoms with Crippen LogP contribution >= 0.6 is 0 Å². The van der Waals surface area contributed by atoms with Crippen molar-refractivity contribution in [1.82, 2.24) is 25.8 Å². The summed E-state index contributed by atoms with van der Waals surface area (Å²) in [5.41, 5.74) is 2.95. The Balaban J connectivity index is 1.76. The Kier molecular flexibility index (Phi) is 8.60. The van der Waals surface area contributed by atoms with Crippen molar-refractivity contribution in [2.75, 3.05) is 25.5 Å². The van der Waals surface area contributed by atoms with Crippen molar-refractivity contribution < 1.29 is 43.4 Å². The molecule has 15 heteroatoms. The molecule has 2 saturated heterocycles. The first-order valence-electron chi connectivity index (χ1n) is 11.3. The van der Waals surface area contributed by atoms with Gasteiger partial charge in [0.05, 0.1) is 26.1 Å². The molecule has 2 heterocycles. The van der Waals surface area contributed by atoms with Gasteiger partial charge in [-0.25, -0.2) is 24.6 Å². The number of carbonyl (C=O) groups excluding carboxylic acids is 6. The molecule has 198 valence electrons. The van der Waals surface area contributed by atoms with Crippen LogP contribution in [-0.4, -0.2) is 94.5 Å². The lowest BCUT2D eigenvalue weighted by molar-refractivity contribution is -0.155. The van der Waals surface area contributed by atoms with Crippen LogP contribution in [-0.2, 0) is 23.9 Å². The first kappa shape index (κ1) is 26.9. The Labute approximate surface area is 210 Å². The van der Waals surface area contributed by atoms with E-state index in [-0.39, 0.29) is 37.8 Å². The van der Waals surface area contributed by atoms with Crippen LogP contribution in [0.2, 0.25) is 0 Å². The summed E-state index contributed by atoms with van der Waals surface area (Å²) >= 11 is 0. The number of amides is 6. The predicted octanol–water partition coefficient (Wildman–Crippen LogP) is -0.298. The molecular formula is C22H26N6O9. The molecule has 1 aromatic carbocycles. The van der Waals surface area contributed by atoms with Crippen LogP contribution in [0.5, 0.6) is 0 Å². The summed E-state index contributed by atoms with van der Waals surface area (Å²) < 4.78 is 4.50. The molecule has 0 unspecified atom stereocenters. The Morgan fingerprint density at radius 1 is 1.16 bits per heavy atom. The Morgan fingerprint density at radius 2 is 1.86 bits per heavy atom. The number of anilines is 1. The van der Waals surface area contributed by atoms with E-state index < -0.39 is 54.3 Å². The van der Waals surface area contributed by atoms with Crippen molar-refractivity contribution >= 4 is 47.8 Å². The van der Waals surface area contributed by atoms with Crippen LogP contribution in [0.4, 0.5) is 15.3 Å². The van der Waals surface area contributed by atoms with Gasteiger partial charge in [0.1, 0.15) is 12.3 Å². The highest BCUT2D eigenvalue weighted by atomic mass is 16.5. The first-order chi connectivity index (χ1) is 17.6. The van der Waals surface area contributed by atoms with Crippen molar-refractivity contribution in [2.24, 2.45) is 0 Å². The van der Waals surface area contributed by atoms with Gasteiger partial charge >= 0.3 is 18.1 Å². The highest BCUT2D eigenvalue weighted by Crippen LogP contribution is 2.24. The number of hydrogen-bond donors (Lipinski definition) is 4. The molecule has 0 saturated carbocycles. The molecule has 1 aromatic rings. The van der Waals surface area contributed by atoms with Crippen molar-refractivity contribution in [3.05, 3.63) is 29.8 Å². The molecule has 2 aliphatic rings. The molecule has 0 spiro atoms. The average molecular weight is 518 g/mol. The van der Waals surface area contributed by atoms with E-state index in [1.165, 1.54) is 31.4 Å². The highest BCUT2D eigenvalue weighted by molar-refractivity contribution is 5.97. The number of aliphatic carboxylic acids is 1. The van der Waals surface area contributed by atoms with E-state index in [4.69, 9.17) is 5.11 Å². The quantitative estimate of drug-likeness (QED) is 0.334. The van der Waals surface area contributed by atoms with Gasteiger partial charge in [-0.1, -0.05) is 0 Å². The molecular weight excluding hydrogens is 492 g/mol. The Morgan fingerprint density at radius 3 is 2.49 bits per heavy atom. The van der Waals surface area contributed by atoms with Crippen LogP contribution in [0.15, 0.2) is 24.3 Å². The van der Waals surface area contributed by atoms with Gasteiger partial charge in [-0.2, -0.15) is 0 Å². The molecule has 15 nitrogen and oxygen atoms in total. The zero-order valence-electron chi connectivity index (χ0n) is 19.8. The van der Waals surface area contributed by atoms with Gasteiger partial charge < -0.3 is 20.0 Å². The van der Waals surface area contributed by atoms with Gasteiger partial charge in [-0.05, 0) is 37.1 Å². The zero-order valence-corrected chi connectivity index (χ0v) is 19.8. The van der Waals surface area contributed by atoms with Crippen molar-refractivity contribution in [2.45, 2.75) is 37.8 Å². The van der Waals surface area contributed by atoms with E-state index in [9.17, 15) is 33.6 Å². The van der Waals surface area contributed by atoms with E-state index in [2.05, 4.69) is 20.8 Å². The fourth-order valence-electron chi connectivity index (χ4n) is 3.88. The number of hydrazine groups is 2.